The molecule has 0 fully saturated rings. The Morgan fingerprint density at radius 2 is 1.68 bits per heavy atom. The minimum Gasteiger partial charge on any atom is -0.493 e. The van der Waals surface area contributed by atoms with Crippen LogP contribution in [0.15, 0.2) is 27.8 Å². The van der Waals surface area contributed by atoms with Gasteiger partial charge in [0.1, 0.15) is 11.5 Å². The molecule has 0 saturated heterocycles. The van der Waals surface area contributed by atoms with Crippen molar-refractivity contribution in [2.45, 2.75) is 26.9 Å². The van der Waals surface area contributed by atoms with E-state index in [-0.39, 0.29) is 16.8 Å². The lowest BCUT2D eigenvalue weighted by Gasteiger charge is -2.09. The molecule has 2 aromatic heterocycles. The third kappa shape index (κ3) is 3.11. The highest BCUT2D eigenvalue weighted by atomic mass is 16.5. The van der Waals surface area contributed by atoms with Gasteiger partial charge in [-0.05, 0) is 37.6 Å². The zero-order valence-electron chi connectivity index (χ0n) is 16.7. The third-order valence-electron chi connectivity index (χ3n) is 4.73. The molecule has 0 bridgehead atoms. The van der Waals surface area contributed by atoms with E-state index in [0.717, 1.165) is 5.56 Å². The van der Waals surface area contributed by atoms with E-state index in [2.05, 4.69) is 4.98 Å². The number of benzene rings is 1. The standard InChI is InChI=1S/C20H24N4O4/c1-6-23-18-17(19(25)24(7-2)20(23)26)21-16(22(18)3)11-9-13-8-10-14(27-4)15(12-13)28-5/h8-12H,6-7H2,1-5H3/b11-9-. The summed E-state index contributed by atoms with van der Waals surface area (Å²) in [6.07, 6.45) is 3.68. The molecule has 8 heteroatoms. The number of ether oxygens (including phenoxy) is 2. The average Bonchev–Trinajstić information content (AvgIpc) is 3.03. The van der Waals surface area contributed by atoms with Crippen LogP contribution in [0.2, 0.25) is 0 Å². The van der Waals surface area contributed by atoms with Crippen molar-refractivity contribution in [2.24, 2.45) is 7.05 Å². The first-order valence-corrected chi connectivity index (χ1v) is 9.06. The highest BCUT2D eigenvalue weighted by Crippen LogP contribution is 2.28. The number of hydrogen-bond acceptors (Lipinski definition) is 5. The Morgan fingerprint density at radius 3 is 2.29 bits per heavy atom. The van der Waals surface area contributed by atoms with Crippen molar-refractivity contribution in [2.75, 3.05) is 14.2 Å². The second-order valence-corrected chi connectivity index (χ2v) is 6.23. The van der Waals surface area contributed by atoms with Crippen molar-refractivity contribution in [1.29, 1.82) is 0 Å². The van der Waals surface area contributed by atoms with Crippen molar-refractivity contribution in [3.05, 3.63) is 50.4 Å². The Hall–Kier alpha value is -3.29. The third-order valence-corrected chi connectivity index (χ3v) is 4.73. The summed E-state index contributed by atoms with van der Waals surface area (Å²) in [5.74, 6) is 1.85. The maximum absolute atomic E-state index is 12.7. The van der Waals surface area contributed by atoms with Crippen molar-refractivity contribution >= 4 is 23.3 Å². The topological polar surface area (TPSA) is 80.3 Å². The Bertz CT molecular complexity index is 1170. The molecule has 0 spiro atoms. The van der Waals surface area contributed by atoms with E-state index >= 15 is 0 Å². The number of fused-ring (bicyclic) bond motifs is 1. The van der Waals surface area contributed by atoms with Gasteiger partial charge in [0.25, 0.3) is 5.56 Å². The largest absolute Gasteiger partial charge is 0.493 e. The number of methoxy groups -OCH3 is 2. The Labute approximate surface area is 162 Å². The highest BCUT2D eigenvalue weighted by Gasteiger charge is 2.17. The van der Waals surface area contributed by atoms with E-state index < -0.39 is 0 Å². The van der Waals surface area contributed by atoms with Crippen LogP contribution in [0.25, 0.3) is 23.3 Å². The van der Waals surface area contributed by atoms with Crippen LogP contribution in [0, 0.1) is 0 Å². The maximum atomic E-state index is 12.7. The lowest BCUT2D eigenvalue weighted by Crippen LogP contribution is -2.39. The van der Waals surface area contributed by atoms with Crippen LogP contribution in [-0.2, 0) is 20.1 Å². The molecule has 8 nitrogen and oxygen atoms in total. The summed E-state index contributed by atoms with van der Waals surface area (Å²) >= 11 is 0. The van der Waals surface area contributed by atoms with Crippen molar-refractivity contribution < 1.29 is 9.47 Å². The molecule has 0 radical (unpaired) electrons. The van der Waals surface area contributed by atoms with Crippen LogP contribution >= 0.6 is 0 Å². The molecular weight excluding hydrogens is 360 g/mol. The van der Waals surface area contributed by atoms with Gasteiger partial charge in [0.2, 0.25) is 0 Å². The number of nitrogens with zero attached hydrogens (tertiary/aromatic N) is 4. The molecule has 0 unspecified atom stereocenters. The Morgan fingerprint density at radius 1 is 1.00 bits per heavy atom. The Balaban J connectivity index is 2.14. The molecule has 2 heterocycles. The minimum absolute atomic E-state index is 0.290. The van der Waals surface area contributed by atoms with E-state index in [4.69, 9.17) is 9.47 Å². The summed E-state index contributed by atoms with van der Waals surface area (Å²) in [5, 5.41) is 0. The second-order valence-electron chi connectivity index (χ2n) is 6.23. The van der Waals surface area contributed by atoms with Gasteiger partial charge in [-0.15, -0.1) is 0 Å². The predicted molar refractivity (Wildman–Crippen MR) is 109 cm³/mol. The normalized spacial score (nSPS) is 11.5. The van der Waals surface area contributed by atoms with Gasteiger partial charge in [0.15, 0.2) is 17.0 Å². The van der Waals surface area contributed by atoms with E-state index in [9.17, 15) is 9.59 Å². The van der Waals surface area contributed by atoms with Gasteiger partial charge in [0.05, 0.1) is 14.2 Å². The fourth-order valence-corrected chi connectivity index (χ4v) is 3.25. The molecule has 148 valence electrons. The molecule has 3 rings (SSSR count). The minimum atomic E-state index is -0.367. The number of hydrogen-bond donors (Lipinski definition) is 0. The quantitative estimate of drug-likeness (QED) is 0.650. The first-order chi connectivity index (χ1) is 13.5. The summed E-state index contributed by atoms with van der Waals surface area (Å²) in [4.78, 5) is 29.7. The molecule has 0 atom stereocenters. The first kappa shape index (κ1) is 19.5. The van der Waals surface area contributed by atoms with Crippen LogP contribution in [0.5, 0.6) is 11.5 Å². The van der Waals surface area contributed by atoms with E-state index in [1.165, 1.54) is 4.57 Å². The number of aryl methyl sites for hydroxylation is 2. The number of rotatable bonds is 6. The van der Waals surface area contributed by atoms with E-state index in [0.29, 0.717) is 36.1 Å². The van der Waals surface area contributed by atoms with Gasteiger partial charge in [0, 0.05) is 20.1 Å². The summed E-state index contributed by atoms with van der Waals surface area (Å²) in [6.45, 7) is 4.40. The molecule has 1 aromatic carbocycles. The van der Waals surface area contributed by atoms with Gasteiger partial charge in [-0.3, -0.25) is 13.9 Å². The summed E-state index contributed by atoms with van der Waals surface area (Å²) in [6, 6.07) is 5.57. The average molecular weight is 384 g/mol. The predicted octanol–water partition coefficient (Wildman–Crippen LogP) is 2.12. The molecule has 0 aliphatic heterocycles. The van der Waals surface area contributed by atoms with Gasteiger partial charge >= 0.3 is 5.69 Å². The van der Waals surface area contributed by atoms with Gasteiger partial charge < -0.3 is 14.0 Å². The SMILES string of the molecule is CCn1c(=O)c2nc(/C=C\c3ccc(OC)c(OC)c3)n(C)c2n(CC)c1=O. The van der Waals surface area contributed by atoms with E-state index in [1.807, 2.05) is 31.2 Å². The summed E-state index contributed by atoms with van der Waals surface area (Å²) in [5.41, 5.74) is 1.02. The molecule has 0 amide bonds. The molecule has 0 saturated carbocycles. The molecule has 3 aromatic rings. The van der Waals surface area contributed by atoms with Crippen molar-refractivity contribution in [3.63, 3.8) is 0 Å². The zero-order chi connectivity index (χ0) is 20.4. The lowest BCUT2D eigenvalue weighted by molar-refractivity contribution is 0.355. The van der Waals surface area contributed by atoms with Gasteiger partial charge in [-0.1, -0.05) is 12.1 Å². The van der Waals surface area contributed by atoms with Crippen molar-refractivity contribution in [1.82, 2.24) is 18.7 Å². The van der Waals surface area contributed by atoms with E-state index in [1.54, 1.807) is 43.4 Å². The first-order valence-electron chi connectivity index (χ1n) is 9.06. The fourth-order valence-electron chi connectivity index (χ4n) is 3.25. The smallest absolute Gasteiger partial charge is 0.332 e. The van der Waals surface area contributed by atoms with Crippen molar-refractivity contribution in [3.8, 4) is 11.5 Å². The number of imidazole rings is 1. The summed E-state index contributed by atoms with van der Waals surface area (Å²) < 4.78 is 15.1. The van der Waals surface area contributed by atoms with Crippen LogP contribution in [0.1, 0.15) is 25.2 Å². The van der Waals surface area contributed by atoms with Crippen LogP contribution in [0.3, 0.4) is 0 Å². The monoisotopic (exact) mass is 384 g/mol. The number of aromatic nitrogens is 4. The fraction of sp³-hybridized carbons (Fsp3) is 0.350. The summed E-state index contributed by atoms with van der Waals surface area (Å²) in [7, 11) is 4.97. The Kier molecular flexibility index (Phi) is 5.39. The molecule has 0 aliphatic rings. The lowest BCUT2D eigenvalue weighted by atomic mass is 10.2. The zero-order valence-corrected chi connectivity index (χ0v) is 16.7. The van der Waals surface area contributed by atoms with Crippen LogP contribution < -0.4 is 20.7 Å². The van der Waals surface area contributed by atoms with Gasteiger partial charge in [-0.25, -0.2) is 9.78 Å². The van der Waals surface area contributed by atoms with Crippen LogP contribution in [0.4, 0.5) is 0 Å². The molecular formula is C20H24N4O4. The second kappa shape index (κ2) is 7.75. The van der Waals surface area contributed by atoms with Crippen LogP contribution in [-0.4, -0.2) is 32.9 Å². The molecule has 0 N–H and O–H groups in total. The maximum Gasteiger partial charge on any atom is 0.332 e. The molecule has 28 heavy (non-hydrogen) atoms. The highest BCUT2D eigenvalue weighted by molar-refractivity contribution is 5.77. The molecule has 0 aliphatic carbocycles. The van der Waals surface area contributed by atoms with Gasteiger partial charge in [-0.2, -0.15) is 0 Å².